The monoisotopic (exact) mass is 424 g/mol. The minimum absolute atomic E-state index is 0.0449. The predicted octanol–water partition coefficient (Wildman–Crippen LogP) is 2.70. The van der Waals surface area contributed by atoms with Crippen molar-refractivity contribution in [3.63, 3.8) is 0 Å². The quantitative estimate of drug-likeness (QED) is 0.771. The molecule has 0 aliphatic carbocycles. The Bertz CT molecular complexity index is 1000. The number of hydrogen-bond donors (Lipinski definition) is 1. The molecule has 1 saturated heterocycles. The van der Waals surface area contributed by atoms with E-state index in [2.05, 4.69) is 16.0 Å². The van der Waals surface area contributed by atoms with Gasteiger partial charge in [0.2, 0.25) is 5.91 Å². The maximum atomic E-state index is 12.9. The molecule has 2 aromatic rings. The highest BCUT2D eigenvalue weighted by molar-refractivity contribution is 5.78. The number of methoxy groups -OCH3 is 1. The lowest BCUT2D eigenvalue weighted by atomic mass is 10.0. The zero-order valence-corrected chi connectivity index (χ0v) is 18.7. The fourth-order valence-corrected chi connectivity index (χ4v) is 4.57. The van der Waals surface area contributed by atoms with Crippen molar-refractivity contribution < 1.29 is 9.53 Å². The van der Waals surface area contributed by atoms with Gasteiger partial charge in [0.1, 0.15) is 11.6 Å². The van der Waals surface area contributed by atoms with Crippen molar-refractivity contribution in [2.45, 2.75) is 52.1 Å². The van der Waals surface area contributed by atoms with E-state index in [9.17, 15) is 9.59 Å². The normalized spacial score (nSPS) is 19.8. The van der Waals surface area contributed by atoms with Gasteiger partial charge in [0.05, 0.1) is 18.4 Å². The number of aromatic amines is 1. The van der Waals surface area contributed by atoms with E-state index >= 15 is 0 Å². The zero-order chi connectivity index (χ0) is 22.0. The Balaban J connectivity index is 1.47. The molecular weight excluding hydrogens is 392 g/mol. The number of carbonyl (C=O) groups is 1. The van der Waals surface area contributed by atoms with E-state index in [-0.39, 0.29) is 23.3 Å². The number of likely N-dealkylation sites (tertiary alicyclic amines) is 1. The molecule has 1 fully saturated rings. The highest BCUT2D eigenvalue weighted by Gasteiger charge is 2.32. The second kappa shape index (κ2) is 9.22. The summed E-state index contributed by atoms with van der Waals surface area (Å²) in [7, 11) is 1.68. The molecule has 1 amide bonds. The van der Waals surface area contributed by atoms with E-state index in [0.717, 1.165) is 67.3 Å². The Labute approximate surface area is 183 Å². The molecule has 0 bridgehead atoms. The summed E-state index contributed by atoms with van der Waals surface area (Å²) < 4.78 is 5.47. The van der Waals surface area contributed by atoms with Gasteiger partial charge in [0, 0.05) is 56.5 Å². The summed E-state index contributed by atoms with van der Waals surface area (Å²) in [6.07, 6.45) is 2.45. The third kappa shape index (κ3) is 4.51. The van der Waals surface area contributed by atoms with Crippen LogP contribution in [0.1, 0.15) is 55.3 Å². The predicted molar refractivity (Wildman–Crippen MR) is 119 cm³/mol. The number of hydrogen-bond acceptors (Lipinski definition) is 5. The molecule has 0 radical (unpaired) electrons. The lowest BCUT2D eigenvalue weighted by molar-refractivity contribution is -0.134. The second-order valence-corrected chi connectivity index (χ2v) is 8.73. The number of nitrogens with zero attached hydrogens (tertiary/aromatic N) is 3. The third-order valence-corrected chi connectivity index (χ3v) is 6.67. The molecule has 7 nitrogen and oxygen atoms in total. The molecule has 31 heavy (non-hydrogen) atoms. The maximum Gasteiger partial charge on any atom is 0.255 e. The molecule has 1 aromatic carbocycles. The van der Waals surface area contributed by atoms with Crippen LogP contribution in [0.5, 0.6) is 5.75 Å². The Morgan fingerprint density at radius 3 is 2.90 bits per heavy atom. The fourth-order valence-electron chi connectivity index (χ4n) is 4.57. The van der Waals surface area contributed by atoms with Crippen LogP contribution < -0.4 is 10.3 Å². The number of carbonyl (C=O) groups excluding carboxylic acids is 1. The third-order valence-electron chi connectivity index (χ3n) is 6.67. The first kappa shape index (κ1) is 21.6. The largest absolute Gasteiger partial charge is 0.496 e. The summed E-state index contributed by atoms with van der Waals surface area (Å²) in [6.45, 7) is 7.57. The number of nitrogens with one attached hydrogen (secondary N) is 1. The van der Waals surface area contributed by atoms with Crippen molar-refractivity contribution in [2.24, 2.45) is 5.92 Å². The second-order valence-electron chi connectivity index (χ2n) is 8.73. The first-order chi connectivity index (χ1) is 15.0. The summed E-state index contributed by atoms with van der Waals surface area (Å²) in [5, 5.41) is 0. The molecule has 3 heterocycles. The Morgan fingerprint density at radius 2 is 2.13 bits per heavy atom. The van der Waals surface area contributed by atoms with Gasteiger partial charge in [0.25, 0.3) is 5.56 Å². The van der Waals surface area contributed by atoms with Gasteiger partial charge in [-0.05, 0) is 18.9 Å². The van der Waals surface area contributed by atoms with Gasteiger partial charge in [-0.1, -0.05) is 32.0 Å². The van der Waals surface area contributed by atoms with E-state index in [4.69, 9.17) is 9.72 Å². The van der Waals surface area contributed by atoms with E-state index in [1.165, 1.54) is 0 Å². The standard InChI is InChI=1S/C24H32N4O3/c1-4-16(2)24(30)28-12-9-18(14-28)22-25-20-10-11-27(15-19(20)23(29)26-22)13-17-7-5-6-8-21(17)31-3/h5-8,16,18H,4,9-15H2,1-3H3,(H,25,26,29)/t16-,18-/m1/s1. The Hall–Kier alpha value is -2.67. The van der Waals surface area contributed by atoms with E-state index in [1.807, 2.05) is 36.9 Å². The topological polar surface area (TPSA) is 78.5 Å². The number of rotatable bonds is 6. The molecule has 166 valence electrons. The van der Waals surface area contributed by atoms with Gasteiger partial charge in [-0.25, -0.2) is 4.98 Å². The minimum atomic E-state index is -0.0450. The number of aromatic nitrogens is 2. The van der Waals surface area contributed by atoms with E-state index < -0.39 is 0 Å². The summed E-state index contributed by atoms with van der Waals surface area (Å²) in [5.74, 6) is 1.97. The molecule has 2 atom stereocenters. The van der Waals surface area contributed by atoms with Crippen LogP contribution in [0.2, 0.25) is 0 Å². The zero-order valence-electron chi connectivity index (χ0n) is 18.7. The molecule has 0 unspecified atom stereocenters. The number of H-pyrrole nitrogens is 1. The van der Waals surface area contributed by atoms with Crippen LogP contribution in [0, 0.1) is 5.92 Å². The molecule has 2 aliphatic rings. The number of ether oxygens (including phenoxy) is 1. The fraction of sp³-hybridized carbons (Fsp3) is 0.542. The van der Waals surface area contributed by atoms with Crippen molar-refractivity contribution in [1.29, 1.82) is 0 Å². The SMILES string of the molecule is CC[C@@H](C)C(=O)N1CC[C@@H](c2nc3c(c(=O)[nH]2)CN(Cc2ccccc2OC)CC3)C1. The number of para-hydroxylation sites is 1. The average molecular weight is 425 g/mol. The van der Waals surface area contributed by atoms with Crippen LogP contribution in [0.3, 0.4) is 0 Å². The number of benzene rings is 1. The van der Waals surface area contributed by atoms with Gasteiger partial charge in [-0.2, -0.15) is 0 Å². The van der Waals surface area contributed by atoms with Crippen LogP contribution in [0.4, 0.5) is 0 Å². The lowest BCUT2D eigenvalue weighted by Crippen LogP contribution is -2.36. The first-order valence-electron chi connectivity index (χ1n) is 11.2. The summed E-state index contributed by atoms with van der Waals surface area (Å²) in [4.78, 5) is 37.5. The van der Waals surface area contributed by atoms with Gasteiger partial charge < -0.3 is 14.6 Å². The molecule has 1 N–H and O–H groups in total. The van der Waals surface area contributed by atoms with Crippen LogP contribution >= 0.6 is 0 Å². The summed E-state index contributed by atoms with van der Waals surface area (Å²) in [6, 6.07) is 8.00. The summed E-state index contributed by atoms with van der Waals surface area (Å²) in [5.41, 5.74) is 2.74. The van der Waals surface area contributed by atoms with Crippen molar-refractivity contribution >= 4 is 5.91 Å². The smallest absolute Gasteiger partial charge is 0.255 e. The Kier molecular flexibility index (Phi) is 6.41. The number of fused-ring (bicyclic) bond motifs is 1. The highest BCUT2D eigenvalue weighted by atomic mass is 16.5. The van der Waals surface area contributed by atoms with Crippen molar-refractivity contribution in [1.82, 2.24) is 19.8 Å². The van der Waals surface area contributed by atoms with Crippen molar-refractivity contribution in [2.75, 3.05) is 26.7 Å². The lowest BCUT2D eigenvalue weighted by Gasteiger charge is -2.28. The van der Waals surface area contributed by atoms with Crippen LogP contribution in [-0.4, -0.2) is 52.4 Å². The van der Waals surface area contributed by atoms with Crippen LogP contribution in [0.25, 0.3) is 0 Å². The van der Waals surface area contributed by atoms with Crippen LogP contribution in [-0.2, 0) is 24.3 Å². The van der Waals surface area contributed by atoms with Crippen molar-refractivity contribution in [3.8, 4) is 5.75 Å². The van der Waals surface area contributed by atoms with Crippen molar-refractivity contribution in [3.05, 3.63) is 57.3 Å². The molecule has 7 heteroatoms. The molecule has 1 aromatic heterocycles. The highest BCUT2D eigenvalue weighted by Crippen LogP contribution is 2.27. The van der Waals surface area contributed by atoms with Crippen LogP contribution in [0.15, 0.2) is 29.1 Å². The molecule has 0 saturated carbocycles. The molecule has 4 rings (SSSR count). The van der Waals surface area contributed by atoms with Gasteiger partial charge in [0.15, 0.2) is 0 Å². The van der Waals surface area contributed by atoms with Gasteiger partial charge in [-0.15, -0.1) is 0 Å². The first-order valence-corrected chi connectivity index (χ1v) is 11.2. The number of amides is 1. The molecule has 0 spiro atoms. The molecule has 2 aliphatic heterocycles. The minimum Gasteiger partial charge on any atom is -0.496 e. The van der Waals surface area contributed by atoms with E-state index in [1.54, 1.807) is 7.11 Å². The Morgan fingerprint density at radius 1 is 1.32 bits per heavy atom. The molecular formula is C24H32N4O3. The van der Waals surface area contributed by atoms with Gasteiger partial charge in [-0.3, -0.25) is 14.5 Å². The average Bonchev–Trinajstić information content (AvgIpc) is 3.29. The van der Waals surface area contributed by atoms with Gasteiger partial charge >= 0.3 is 0 Å². The van der Waals surface area contributed by atoms with E-state index in [0.29, 0.717) is 13.1 Å². The maximum absolute atomic E-state index is 12.9. The summed E-state index contributed by atoms with van der Waals surface area (Å²) >= 11 is 0.